The minimum absolute atomic E-state index is 0.348. The third kappa shape index (κ3) is 4.22. The van der Waals surface area contributed by atoms with Gasteiger partial charge in [-0.1, -0.05) is 13.3 Å². The van der Waals surface area contributed by atoms with Gasteiger partial charge >= 0.3 is 0 Å². The molecule has 21 heavy (non-hydrogen) atoms. The number of nitrogens with zero attached hydrogens (tertiary/aromatic N) is 4. The van der Waals surface area contributed by atoms with E-state index in [2.05, 4.69) is 22.4 Å². The molecule has 1 aromatic heterocycles. The molecule has 114 valence electrons. The van der Waals surface area contributed by atoms with Crippen LogP contribution in [0.25, 0.3) is 11.4 Å². The van der Waals surface area contributed by atoms with Crippen LogP contribution < -0.4 is 5.73 Å². The molecular weight excluding hydrogens is 273 g/mol. The zero-order valence-corrected chi connectivity index (χ0v) is 12.1. The molecule has 7 heteroatoms. The van der Waals surface area contributed by atoms with E-state index in [4.69, 9.17) is 10.5 Å². The first-order valence-corrected chi connectivity index (χ1v) is 7.11. The lowest BCUT2D eigenvalue weighted by molar-refractivity contribution is 0.125. The molecule has 0 unspecified atom stereocenters. The maximum absolute atomic E-state index is 13.9. The van der Waals surface area contributed by atoms with Crippen LogP contribution in [0.3, 0.4) is 0 Å². The maximum atomic E-state index is 13.9. The molecule has 2 N–H and O–H groups in total. The Bertz CT molecular complexity index is 572. The number of halogens is 1. The van der Waals surface area contributed by atoms with E-state index in [9.17, 15) is 4.39 Å². The molecule has 2 aromatic rings. The zero-order chi connectivity index (χ0) is 15.1. The summed E-state index contributed by atoms with van der Waals surface area (Å²) in [5.41, 5.74) is 6.26. The molecule has 0 fully saturated rings. The average Bonchev–Trinajstić information content (AvgIpc) is 2.91. The molecule has 1 heterocycles. The Morgan fingerprint density at radius 2 is 2.10 bits per heavy atom. The van der Waals surface area contributed by atoms with E-state index in [0.717, 1.165) is 25.9 Å². The van der Waals surface area contributed by atoms with E-state index >= 15 is 0 Å². The van der Waals surface area contributed by atoms with Gasteiger partial charge in [0.2, 0.25) is 0 Å². The van der Waals surface area contributed by atoms with Crippen LogP contribution in [0.5, 0.6) is 0 Å². The Hall–Kier alpha value is -2.02. The predicted octanol–water partition coefficient (Wildman–Crippen LogP) is 2.27. The van der Waals surface area contributed by atoms with Gasteiger partial charge in [-0.25, -0.2) is 9.07 Å². The monoisotopic (exact) mass is 293 g/mol. The van der Waals surface area contributed by atoms with Crippen LogP contribution in [-0.2, 0) is 11.3 Å². The third-order valence-corrected chi connectivity index (χ3v) is 3.07. The van der Waals surface area contributed by atoms with Gasteiger partial charge in [-0.3, -0.25) is 0 Å². The van der Waals surface area contributed by atoms with E-state index in [1.54, 1.807) is 16.8 Å². The molecule has 0 spiro atoms. The van der Waals surface area contributed by atoms with Crippen LogP contribution >= 0.6 is 0 Å². The number of nitrogens with two attached hydrogens (primary N) is 1. The van der Waals surface area contributed by atoms with Gasteiger partial charge in [-0.15, -0.1) is 5.10 Å². The number of aromatic nitrogens is 4. The fraction of sp³-hybridized carbons (Fsp3) is 0.500. The summed E-state index contributed by atoms with van der Waals surface area (Å²) in [5.74, 6) is -0.0219. The highest BCUT2D eigenvalue weighted by atomic mass is 19.1. The number of aryl methyl sites for hydroxylation is 1. The molecule has 0 amide bonds. The Morgan fingerprint density at radius 3 is 2.86 bits per heavy atom. The van der Waals surface area contributed by atoms with Crippen molar-refractivity contribution in [1.82, 2.24) is 20.2 Å². The number of rotatable bonds is 8. The number of benzene rings is 1. The summed E-state index contributed by atoms with van der Waals surface area (Å²) in [5, 5.41) is 11.4. The molecular formula is C14H20FN5O. The zero-order valence-electron chi connectivity index (χ0n) is 12.1. The summed E-state index contributed by atoms with van der Waals surface area (Å²) < 4.78 is 21.0. The number of anilines is 1. The summed E-state index contributed by atoms with van der Waals surface area (Å²) in [6.45, 7) is 4.12. The van der Waals surface area contributed by atoms with Crippen molar-refractivity contribution in [2.45, 2.75) is 32.7 Å². The standard InChI is InChI=1S/C14H20FN5O/c1-2-3-8-21-9-4-7-20-14(17-18-19-20)12-6-5-11(16)10-13(12)15/h5-6,10H,2-4,7-9,16H2,1H3. The summed E-state index contributed by atoms with van der Waals surface area (Å²) in [7, 11) is 0. The highest BCUT2D eigenvalue weighted by Gasteiger charge is 2.13. The van der Waals surface area contributed by atoms with Gasteiger partial charge in [0, 0.05) is 25.4 Å². The molecule has 0 saturated carbocycles. The fourth-order valence-electron chi connectivity index (χ4n) is 1.93. The minimum Gasteiger partial charge on any atom is -0.399 e. The van der Waals surface area contributed by atoms with Gasteiger partial charge in [-0.05, 0) is 41.5 Å². The highest BCUT2D eigenvalue weighted by Crippen LogP contribution is 2.21. The van der Waals surface area contributed by atoms with Gasteiger partial charge in [-0.2, -0.15) is 0 Å². The summed E-state index contributed by atoms with van der Waals surface area (Å²) >= 11 is 0. The van der Waals surface area contributed by atoms with Crippen LogP contribution in [0, 0.1) is 5.82 Å². The topological polar surface area (TPSA) is 78.8 Å². The van der Waals surface area contributed by atoms with E-state index in [1.165, 1.54) is 6.07 Å². The van der Waals surface area contributed by atoms with Crippen molar-refractivity contribution < 1.29 is 9.13 Å². The van der Waals surface area contributed by atoms with Crippen molar-refractivity contribution in [3.63, 3.8) is 0 Å². The first-order chi connectivity index (χ1) is 10.2. The summed E-state index contributed by atoms with van der Waals surface area (Å²) in [6.07, 6.45) is 2.96. The molecule has 0 aliphatic heterocycles. The van der Waals surface area contributed by atoms with Gasteiger partial charge < -0.3 is 10.5 Å². The molecule has 0 bridgehead atoms. The molecule has 1 aromatic carbocycles. The second kappa shape index (κ2) is 7.68. The van der Waals surface area contributed by atoms with Crippen molar-refractivity contribution in [2.75, 3.05) is 18.9 Å². The largest absolute Gasteiger partial charge is 0.399 e. The Kier molecular flexibility index (Phi) is 5.62. The molecule has 0 saturated heterocycles. The molecule has 2 rings (SSSR count). The lowest BCUT2D eigenvalue weighted by atomic mass is 10.2. The number of nitrogen functional groups attached to an aromatic ring is 1. The predicted molar refractivity (Wildman–Crippen MR) is 78.0 cm³/mol. The Morgan fingerprint density at radius 1 is 1.29 bits per heavy atom. The van der Waals surface area contributed by atoms with E-state index in [-0.39, 0.29) is 0 Å². The van der Waals surface area contributed by atoms with Crippen molar-refractivity contribution in [3.05, 3.63) is 24.0 Å². The molecule has 0 radical (unpaired) electrons. The van der Waals surface area contributed by atoms with Crippen molar-refractivity contribution >= 4 is 5.69 Å². The second-order valence-electron chi connectivity index (χ2n) is 4.78. The van der Waals surface area contributed by atoms with Gasteiger partial charge in [0.1, 0.15) is 5.82 Å². The maximum Gasteiger partial charge on any atom is 0.184 e. The van der Waals surface area contributed by atoms with Crippen molar-refractivity contribution in [1.29, 1.82) is 0 Å². The number of hydrogen-bond acceptors (Lipinski definition) is 5. The molecule has 0 aliphatic rings. The van der Waals surface area contributed by atoms with Crippen LogP contribution in [0.2, 0.25) is 0 Å². The third-order valence-electron chi connectivity index (χ3n) is 3.07. The number of hydrogen-bond donors (Lipinski definition) is 1. The number of unbranched alkanes of at least 4 members (excludes halogenated alkanes) is 1. The normalized spacial score (nSPS) is 11.0. The van der Waals surface area contributed by atoms with Gasteiger partial charge in [0.15, 0.2) is 5.82 Å². The number of ether oxygens (including phenoxy) is 1. The lowest BCUT2D eigenvalue weighted by Crippen LogP contribution is -2.07. The summed E-state index contributed by atoms with van der Waals surface area (Å²) in [6, 6.07) is 4.48. The van der Waals surface area contributed by atoms with Crippen molar-refractivity contribution in [3.8, 4) is 11.4 Å². The molecule has 6 nitrogen and oxygen atoms in total. The van der Waals surface area contributed by atoms with E-state index < -0.39 is 5.82 Å². The van der Waals surface area contributed by atoms with Crippen LogP contribution in [0.15, 0.2) is 18.2 Å². The molecule has 0 aliphatic carbocycles. The van der Waals surface area contributed by atoms with Crippen molar-refractivity contribution in [2.24, 2.45) is 0 Å². The van der Waals surface area contributed by atoms with Crippen LogP contribution in [-0.4, -0.2) is 33.4 Å². The smallest absolute Gasteiger partial charge is 0.184 e. The average molecular weight is 293 g/mol. The minimum atomic E-state index is -0.426. The van der Waals surface area contributed by atoms with E-state index in [0.29, 0.717) is 30.2 Å². The first kappa shape index (κ1) is 15.4. The van der Waals surface area contributed by atoms with Crippen LogP contribution in [0.4, 0.5) is 10.1 Å². The Labute approximate surface area is 123 Å². The summed E-state index contributed by atoms with van der Waals surface area (Å²) in [4.78, 5) is 0. The SMILES string of the molecule is CCCCOCCCn1nnnc1-c1ccc(N)cc1F. The first-order valence-electron chi connectivity index (χ1n) is 7.11. The fourth-order valence-corrected chi connectivity index (χ4v) is 1.93. The quantitative estimate of drug-likeness (QED) is 0.596. The van der Waals surface area contributed by atoms with E-state index in [1.807, 2.05) is 0 Å². The van der Waals surface area contributed by atoms with Gasteiger partial charge in [0.25, 0.3) is 0 Å². The second-order valence-corrected chi connectivity index (χ2v) is 4.78. The van der Waals surface area contributed by atoms with Crippen LogP contribution in [0.1, 0.15) is 26.2 Å². The molecule has 0 atom stereocenters. The van der Waals surface area contributed by atoms with Gasteiger partial charge in [0.05, 0.1) is 5.56 Å². The highest BCUT2D eigenvalue weighted by molar-refractivity contribution is 5.59. The Balaban J connectivity index is 1.95. The number of tetrazole rings is 1. The lowest BCUT2D eigenvalue weighted by Gasteiger charge is -2.06.